The predicted octanol–water partition coefficient (Wildman–Crippen LogP) is 4.27. The second kappa shape index (κ2) is 6.47. The van der Waals surface area contributed by atoms with E-state index in [1.807, 2.05) is 18.8 Å². The molecule has 20 heavy (non-hydrogen) atoms. The molecule has 1 aliphatic heterocycles. The van der Waals surface area contributed by atoms with Crippen LogP contribution in [0.2, 0.25) is 0 Å². The first-order valence-electron chi connectivity index (χ1n) is 7.29. The predicted molar refractivity (Wildman–Crippen MR) is 87.6 cm³/mol. The molecule has 1 aliphatic rings. The number of likely N-dealkylation sites (N-methyl/N-ethyl adjacent to an activating group) is 1. The van der Waals surface area contributed by atoms with Crippen LogP contribution < -0.4 is 5.32 Å². The number of hydrogen-bond acceptors (Lipinski definition) is 2. The first kappa shape index (κ1) is 13.7. The van der Waals surface area contributed by atoms with E-state index in [9.17, 15) is 0 Å². The fourth-order valence-electron chi connectivity index (χ4n) is 3.08. The largest absolute Gasteiger partial charge is 0.319 e. The van der Waals surface area contributed by atoms with Crippen LogP contribution in [0.1, 0.15) is 29.4 Å². The van der Waals surface area contributed by atoms with E-state index < -0.39 is 0 Å². The summed E-state index contributed by atoms with van der Waals surface area (Å²) < 4.78 is 0. The summed E-state index contributed by atoms with van der Waals surface area (Å²) in [7, 11) is 2.05. The van der Waals surface area contributed by atoms with Gasteiger partial charge in [0.15, 0.2) is 0 Å². The highest BCUT2D eigenvalue weighted by atomic mass is 32.2. The smallest absolute Gasteiger partial charge is 0.0107 e. The maximum absolute atomic E-state index is 3.36. The number of rotatable bonds is 5. The Kier molecular flexibility index (Phi) is 4.44. The maximum atomic E-state index is 3.36. The van der Waals surface area contributed by atoms with Crippen LogP contribution in [0.5, 0.6) is 0 Å². The minimum Gasteiger partial charge on any atom is -0.319 e. The van der Waals surface area contributed by atoms with Crippen molar-refractivity contribution in [2.45, 2.75) is 23.2 Å². The molecule has 0 saturated heterocycles. The van der Waals surface area contributed by atoms with Gasteiger partial charge in [0, 0.05) is 17.2 Å². The molecule has 3 rings (SSSR count). The summed E-state index contributed by atoms with van der Waals surface area (Å²) in [6, 6.07) is 19.8. The molecule has 1 heterocycles. The Labute approximate surface area is 125 Å². The van der Waals surface area contributed by atoms with Gasteiger partial charge >= 0.3 is 0 Å². The minimum absolute atomic E-state index is 0.595. The van der Waals surface area contributed by atoms with Crippen molar-refractivity contribution in [1.82, 2.24) is 5.32 Å². The molecule has 104 valence electrons. The van der Waals surface area contributed by atoms with Gasteiger partial charge in [-0.25, -0.2) is 0 Å². The summed E-state index contributed by atoms with van der Waals surface area (Å²) in [4.78, 5) is 1.48. The Hall–Kier alpha value is -1.25. The van der Waals surface area contributed by atoms with Crippen LogP contribution in [0.4, 0.5) is 0 Å². The van der Waals surface area contributed by atoms with Crippen LogP contribution in [-0.2, 0) is 0 Å². The number of hydrogen-bond donors (Lipinski definition) is 1. The maximum Gasteiger partial charge on any atom is 0.0107 e. The summed E-state index contributed by atoms with van der Waals surface area (Å²) in [6.07, 6.45) is 1.23. The standard InChI is InChI=1S/C18H21NS/c1-19-12-15(14-7-3-2-4-8-14)11-16-13-20-18-10-6-5-9-17(16)18/h2-10,15-16,19H,11-13H2,1H3. The zero-order chi connectivity index (χ0) is 13.8. The van der Waals surface area contributed by atoms with Crippen LogP contribution in [0.25, 0.3) is 0 Å². The number of benzene rings is 2. The molecule has 0 aromatic heterocycles. The van der Waals surface area contributed by atoms with Crippen LogP contribution in [-0.4, -0.2) is 19.3 Å². The van der Waals surface area contributed by atoms with Crippen LogP contribution in [0, 0.1) is 0 Å². The van der Waals surface area contributed by atoms with Crippen LogP contribution >= 0.6 is 11.8 Å². The first-order valence-corrected chi connectivity index (χ1v) is 8.28. The molecular weight excluding hydrogens is 262 g/mol. The van der Waals surface area contributed by atoms with Crippen molar-refractivity contribution < 1.29 is 0 Å². The lowest BCUT2D eigenvalue weighted by Crippen LogP contribution is -2.19. The molecule has 0 radical (unpaired) electrons. The van der Waals surface area contributed by atoms with Gasteiger partial charge in [-0.3, -0.25) is 0 Å². The Balaban J connectivity index is 1.78. The van der Waals surface area contributed by atoms with Gasteiger partial charge in [-0.1, -0.05) is 48.5 Å². The Bertz CT molecular complexity index is 552. The van der Waals surface area contributed by atoms with E-state index >= 15 is 0 Å². The molecule has 0 aliphatic carbocycles. The van der Waals surface area contributed by atoms with Gasteiger partial charge in [0.25, 0.3) is 0 Å². The molecule has 2 aromatic rings. The molecular formula is C18H21NS. The summed E-state index contributed by atoms with van der Waals surface area (Å²) >= 11 is 2.01. The molecule has 2 unspecified atom stereocenters. The van der Waals surface area contributed by atoms with E-state index in [4.69, 9.17) is 0 Å². The quantitative estimate of drug-likeness (QED) is 0.879. The third-order valence-corrected chi connectivity index (χ3v) is 5.34. The van der Waals surface area contributed by atoms with Gasteiger partial charge in [-0.05, 0) is 42.5 Å². The monoisotopic (exact) mass is 283 g/mol. The minimum atomic E-state index is 0.595. The summed E-state index contributed by atoms with van der Waals surface area (Å²) in [5.41, 5.74) is 3.01. The Morgan fingerprint density at radius 1 is 1.10 bits per heavy atom. The number of thioether (sulfide) groups is 1. The highest BCUT2D eigenvalue weighted by Gasteiger charge is 2.26. The van der Waals surface area contributed by atoms with Crippen molar-refractivity contribution in [2.75, 3.05) is 19.3 Å². The van der Waals surface area contributed by atoms with Gasteiger partial charge in [-0.2, -0.15) is 0 Å². The Morgan fingerprint density at radius 3 is 2.65 bits per heavy atom. The van der Waals surface area contributed by atoms with Crippen molar-refractivity contribution in [3.8, 4) is 0 Å². The third-order valence-electron chi connectivity index (χ3n) is 4.09. The van der Waals surface area contributed by atoms with E-state index in [1.54, 1.807) is 5.56 Å². The molecule has 2 aromatic carbocycles. The third kappa shape index (κ3) is 2.92. The molecule has 0 fully saturated rings. The summed E-state index contributed by atoms with van der Waals surface area (Å²) in [5.74, 6) is 2.51. The molecule has 0 saturated carbocycles. The van der Waals surface area contributed by atoms with Crippen LogP contribution in [0.3, 0.4) is 0 Å². The van der Waals surface area contributed by atoms with E-state index in [0.717, 1.165) is 6.54 Å². The van der Waals surface area contributed by atoms with Crippen molar-refractivity contribution in [2.24, 2.45) is 0 Å². The lowest BCUT2D eigenvalue weighted by Gasteiger charge is -2.21. The normalized spacial score (nSPS) is 18.8. The van der Waals surface area contributed by atoms with E-state index in [-0.39, 0.29) is 0 Å². The van der Waals surface area contributed by atoms with Gasteiger partial charge < -0.3 is 5.32 Å². The topological polar surface area (TPSA) is 12.0 Å². The van der Waals surface area contributed by atoms with Gasteiger partial charge in [0.2, 0.25) is 0 Å². The Morgan fingerprint density at radius 2 is 1.85 bits per heavy atom. The zero-order valence-electron chi connectivity index (χ0n) is 11.9. The zero-order valence-corrected chi connectivity index (χ0v) is 12.7. The molecule has 2 atom stereocenters. The van der Waals surface area contributed by atoms with Crippen molar-refractivity contribution in [1.29, 1.82) is 0 Å². The lowest BCUT2D eigenvalue weighted by molar-refractivity contribution is 0.538. The molecule has 0 amide bonds. The summed E-state index contributed by atoms with van der Waals surface area (Å²) in [6.45, 7) is 1.05. The summed E-state index contributed by atoms with van der Waals surface area (Å²) in [5, 5.41) is 3.36. The fraction of sp³-hybridized carbons (Fsp3) is 0.333. The van der Waals surface area contributed by atoms with Gasteiger partial charge in [-0.15, -0.1) is 11.8 Å². The highest BCUT2D eigenvalue weighted by molar-refractivity contribution is 7.99. The van der Waals surface area contributed by atoms with E-state index in [2.05, 4.69) is 59.9 Å². The molecule has 0 bridgehead atoms. The molecule has 1 N–H and O–H groups in total. The van der Waals surface area contributed by atoms with Gasteiger partial charge in [0.05, 0.1) is 0 Å². The average Bonchev–Trinajstić information content (AvgIpc) is 2.91. The van der Waals surface area contributed by atoms with Crippen molar-refractivity contribution >= 4 is 11.8 Å². The second-order valence-corrected chi connectivity index (χ2v) is 6.51. The van der Waals surface area contributed by atoms with Crippen LogP contribution in [0.15, 0.2) is 59.5 Å². The SMILES string of the molecule is CNCC(CC1CSc2ccccc21)c1ccccc1. The molecule has 2 heteroatoms. The van der Waals surface area contributed by atoms with Gasteiger partial charge in [0.1, 0.15) is 0 Å². The lowest BCUT2D eigenvalue weighted by atomic mass is 9.86. The first-order chi connectivity index (χ1) is 9.88. The number of nitrogens with one attached hydrogen (secondary N) is 1. The van der Waals surface area contributed by atoms with E-state index in [0.29, 0.717) is 11.8 Å². The van der Waals surface area contributed by atoms with Crippen molar-refractivity contribution in [3.05, 3.63) is 65.7 Å². The average molecular weight is 283 g/mol. The second-order valence-electron chi connectivity index (χ2n) is 5.45. The highest BCUT2D eigenvalue weighted by Crippen LogP contribution is 2.43. The fourth-order valence-corrected chi connectivity index (χ4v) is 4.35. The number of fused-ring (bicyclic) bond motifs is 1. The molecule has 1 nitrogen and oxygen atoms in total. The molecule has 0 spiro atoms. The van der Waals surface area contributed by atoms with E-state index in [1.165, 1.54) is 22.6 Å². The van der Waals surface area contributed by atoms with Crippen molar-refractivity contribution in [3.63, 3.8) is 0 Å².